The van der Waals surface area contributed by atoms with Crippen molar-refractivity contribution in [3.05, 3.63) is 39.7 Å². The molecule has 0 atom stereocenters. The summed E-state index contributed by atoms with van der Waals surface area (Å²) in [5, 5.41) is 10.5. The summed E-state index contributed by atoms with van der Waals surface area (Å²) in [6.45, 7) is 1.75. The Morgan fingerprint density at radius 3 is 2.93 bits per heavy atom. The predicted octanol–water partition coefficient (Wildman–Crippen LogP) is 1.90. The number of aromatic nitrogens is 1. The number of allylic oxidation sites excluding steroid dienone is 1. The van der Waals surface area contributed by atoms with Crippen molar-refractivity contribution >= 4 is 18.0 Å². The first-order valence-corrected chi connectivity index (χ1v) is 4.36. The predicted molar refractivity (Wildman–Crippen MR) is 55.3 cm³/mol. The van der Waals surface area contributed by atoms with E-state index in [1.165, 1.54) is 12.3 Å². The highest BCUT2D eigenvalue weighted by Crippen LogP contribution is 2.15. The largest absolute Gasteiger partial charge is 0.303 e. The van der Waals surface area contributed by atoms with Gasteiger partial charge >= 0.3 is 0 Å². The molecular formula is C10H10N2O3. The lowest BCUT2D eigenvalue weighted by Gasteiger charge is -1.98. The van der Waals surface area contributed by atoms with Crippen LogP contribution in [0.25, 0.3) is 6.08 Å². The van der Waals surface area contributed by atoms with Gasteiger partial charge in [-0.2, -0.15) is 0 Å². The van der Waals surface area contributed by atoms with E-state index >= 15 is 0 Å². The van der Waals surface area contributed by atoms with Crippen molar-refractivity contribution in [2.24, 2.45) is 0 Å². The smallest absolute Gasteiger partial charge is 0.288 e. The first kappa shape index (κ1) is 11.0. The van der Waals surface area contributed by atoms with Gasteiger partial charge in [-0.15, -0.1) is 0 Å². The van der Waals surface area contributed by atoms with E-state index in [0.717, 1.165) is 6.29 Å². The van der Waals surface area contributed by atoms with E-state index in [4.69, 9.17) is 0 Å². The zero-order chi connectivity index (χ0) is 11.3. The lowest BCUT2D eigenvalue weighted by Crippen LogP contribution is -1.93. The normalized spacial score (nSPS) is 10.5. The minimum atomic E-state index is -0.497. The summed E-state index contributed by atoms with van der Waals surface area (Å²) < 4.78 is 0. The third-order valence-electron chi connectivity index (χ3n) is 1.85. The topological polar surface area (TPSA) is 73.1 Å². The Bertz CT molecular complexity index is 413. The molecule has 0 radical (unpaired) electrons. The van der Waals surface area contributed by atoms with Gasteiger partial charge in [0.1, 0.15) is 12.5 Å². The van der Waals surface area contributed by atoms with Crippen LogP contribution < -0.4 is 0 Å². The van der Waals surface area contributed by atoms with E-state index in [0.29, 0.717) is 17.7 Å². The number of nitro groups is 1. The number of carbonyl (C=O) groups is 1. The first-order chi connectivity index (χ1) is 7.15. The zero-order valence-electron chi connectivity index (χ0n) is 8.21. The Balaban J connectivity index is 3.00. The number of nitrogens with zero attached hydrogens (tertiary/aromatic N) is 2. The molecular weight excluding hydrogens is 196 g/mol. The van der Waals surface area contributed by atoms with Crippen LogP contribution in [0.2, 0.25) is 0 Å². The van der Waals surface area contributed by atoms with Crippen LogP contribution in [-0.4, -0.2) is 16.2 Å². The molecule has 1 rings (SSSR count). The Morgan fingerprint density at radius 2 is 2.33 bits per heavy atom. The van der Waals surface area contributed by atoms with Gasteiger partial charge in [-0.1, -0.05) is 12.2 Å². The monoisotopic (exact) mass is 206 g/mol. The van der Waals surface area contributed by atoms with Crippen LogP contribution in [0.15, 0.2) is 18.3 Å². The number of pyridine rings is 1. The van der Waals surface area contributed by atoms with Gasteiger partial charge in [0.15, 0.2) is 0 Å². The Hall–Kier alpha value is -2.04. The molecule has 1 aromatic rings. The molecule has 0 unspecified atom stereocenters. The third kappa shape index (κ3) is 2.98. The fourth-order valence-electron chi connectivity index (χ4n) is 1.06. The minimum absolute atomic E-state index is 0.0497. The third-order valence-corrected chi connectivity index (χ3v) is 1.85. The van der Waals surface area contributed by atoms with E-state index in [9.17, 15) is 14.9 Å². The summed E-state index contributed by atoms with van der Waals surface area (Å²) in [6.07, 6.45) is 5.57. The van der Waals surface area contributed by atoms with Gasteiger partial charge in [0.2, 0.25) is 0 Å². The van der Waals surface area contributed by atoms with Gasteiger partial charge in [-0.05, 0) is 6.92 Å². The second-order valence-corrected chi connectivity index (χ2v) is 2.93. The van der Waals surface area contributed by atoms with Gasteiger partial charge in [0.25, 0.3) is 5.69 Å². The molecule has 0 aliphatic heterocycles. The summed E-state index contributed by atoms with van der Waals surface area (Å²) in [4.78, 5) is 24.0. The lowest BCUT2D eigenvalue weighted by molar-refractivity contribution is -0.385. The molecule has 0 fully saturated rings. The molecule has 0 saturated carbocycles. The SMILES string of the molecule is Cc1ncc([N+](=O)[O-])cc1C=CCC=O. The molecule has 0 aliphatic rings. The molecule has 0 N–H and O–H groups in total. The summed E-state index contributed by atoms with van der Waals surface area (Å²) >= 11 is 0. The summed E-state index contributed by atoms with van der Waals surface area (Å²) in [5.41, 5.74) is 1.31. The van der Waals surface area contributed by atoms with Crippen LogP contribution in [0.4, 0.5) is 5.69 Å². The second-order valence-electron chi connectivity index (χ2n) is 2.93. The lowest BCUT2D eigenvalue weighted by atomic mass is 10.1. The van der Waals surface area contributed by atoms with Gasteiger partial charge in [-0.3, -0.25) is 15.1 Å². The maximum Gasteiger partial charge on any atom is 0.288 e. The van der Waals surface area contributed by atoms with E-state index in [-0.39, 0.29) is 5.69 Å². The number of hydrogen-bond acceptors (Lipinski definition) is 4. The molecule has 0 saturated heterocycles. The Labute approximate surface area is 86.6 Å². The molecule has 78 valence electrons. The van der Waals surface area contributed by atoms with E-state index < -0.39 is 4.92 Å². The number of rotatable bonds is 4. The maximum absolute atomic E-state index is 10.5. The van der Waals surface area contributed by atoms with Crippen molar-refractivity contribution in [3.63, 3.8) is 0 Å². The average molecular weight is 206 g/mol. The standard InChI is InChI=1S/C10H10N2O3/c1-8-9(4-2-3-5-13)6-10(7-11-8)12(14)15/h2,4-7H,3H2,1H3. The molecule has 0 spiro atoms. The number of aldehydes is 1. The number of aryl methyl sites for hydroxylation is 1. The maximum atomic E-state index is 10.5. The van der Waals surface area contributed by atoms with E-state index in [1.54, 1.807) is 19.1 Å². The van der Waals surface area contributed by atoms with Crippen molar-refractivity contribution < 1.29 is 9.72 Å². The van der Waals surface area contributed by atoms with Gasteiger partial charge in [0, 0.05) is 23.7 Å². The Morgan fingerprint density at radius 1 is 1.60 bits per heavy atom. The number of hydrogen-bond donors (Lipinski definition) is 0. The highest BCUT2D eigenvalue weighted by molar-refractivity contribution is 5.60. The van der Waals surface area contributed by atoms with Gasteiger partial charge in [-0.25, -0.2) is 0 Å². The van der Waals surface area contributed by atoms with Crippen LogP contribution in [0, 0.1) is 17.0 Å². The quantitative estimate of drug-likeness (QED) is 0.428. The van der Waals surface area contributed by atoms with Crippen molar-refractivity contribution in [1.82, 2.24) is 4.98 Å². The van der Waals surface area contributed by atoms with E-state index in [1.807, 2.05) is 0 Å². The average Bonchev–Trinajstić information content (AvgIpc) is 2.20. The van der Waals surface area contributed by atoms with E-state index in [2.05, 4.69) is 4.98 Å². The first-order valence-electron chi connectivity index (χ1n) is 4.36. The van der Waals surface area contributed by atoms with Crippen molar-refractivity contribution in [3.8, 4) is 0 Å². The van der Waals surface area contributed by atoms with Crippen LogP contribution in [-0.2, 0) is 4.79 Å². The van der Waals surface area contributed by atoms with Gasteiger partial charge < -0.3 is 4.79 Å². The van der Waals surface area contributed by atoms with Crippen molar-refractivity contribution in [1.29, 1.82) is 0 Å². The minimum Gasteiger partial charge on any atom is -0.303 e. The highest BCUT2D eigenvalue weighted by Gasteiger charge is 2.07. The molecule has 15 heavy (non-hydrogen) atoms. The van der Waals surface area contributed by atoms with Crippen LogP contribution in [0.1, 0.15) is 17.7 Å². The molecule has 0 amide bonds. The fourth-order valence-corrected chi connectivity index (χ4v) is 1.06. The second kappa shape index (κ2) is 4.99. The molecule has 1 aromatic heterocycles. The molecule has 0 aliphatic carbocycles. The number of carbonyl (C=O) groups excluding carboxylic acids is 1. The molecule has 0 aromatic carbocycles. The highest BCUT2D eigenvalue weighted by atomic mass is 16.6. The van der Waals surface area contributed by atoms with Crippen LogP contribution in [0.5, 0.6) is 0 Å². The van der Waals surface area contributed by atoms with Crippen LogP contribution >= 0.6 is 0 Å². The summed E-state index contributed by atoms with van der Waals surface area (Å²) in [7, 11) is 0. The molecule has 5 nitrogen and oxygen atoms in total. The fraction of sp³-hybridized carbons (Fsp3) is 0.200. The summed E-state index contributed by atoms with van der Waals surface area (Å²) in [5.74, 6) is 0. The summed E-state index contributed by atoms with van der Waals surface area (Å²) in [6, 6.07) is 1.43. The molecule has 1 heterocycles. The zero-order valence-corrected chi connectivity index (χ0v) is 8.21. The van der Waals surface area contributed by atoms with Gasteiger partial charge in [0.05, 0.1) is 4.92 Å². The van der Waals surface area contributed by atoms with Crippen LogP contribution in [0.3, 0.4) is 0 Å². The van der Waals surface area contributed by atoms with Crippen molar-refractivity contribution in [2.75, 3.05) is 0 Å². The molecule has 5 heteroatoms. The van der Waals surface area contributed by atoms with Crippen molar-refractivity contribution in [2.45, 2.75) is 13.3 Å². The Kier molecular flexibility index (Phi) is 3.68. The molecule has 0 bridgehead atoms.